The van der Waals surface area contributed by atoms with Gasteiger partial charge >= 0.3 is 5.97 Å². The van der Waals surface area contributed by atoms with Crippen LogP contribution in [-0.4, -0.2) is 23.6 Å². The molecule has 1 unspecified atom stereocenters. The van der Waals surface area contributed by atoms with Crippen LogP contribution in [0.5, 0.6) is 5.75 Å². The van der Waals surface area contributed by atoms with E-state index in [9.17, 15) is 9.59 Å². The van der Waals surface area contributed by atoms with Gasteiger partial charge in [-0.3, -0.25) is 9.69 Å². The average Bonchev–Trinajstić information content (AvgIpc) is 2.75. The zero-order valence-electron chi connectivity index (χ0n) is 16.6. The smallest absolute Gasteiger partial charge is 0.341 e. The van der Waals surface area contributed by atoms with Crippen molar-refractivity contribution in [1.82, 2.24) is 0 Å². The zero-order valence-corrected chi connectivity index (χ0v) is 16.6. The van der Waals surface area contributed by atoms with Gasteiger partial charge in [0.25, 0.3) is 0 Å². The summed E-state index contributed by atoms with van der Waals surface area (Å²) in [4.78, 5) is 25.8. The number of ether oxygens (including phenoxy) is 1. The standard InChI is InChI=1S/C25H23NO4/c27-23(26-20-10-2-6-17-7-3-11-21(26)25(17)20)14-13-16-5-1-9-19-18(16)8-4-12-22(19)30-15-24(28)29/h2-4,6-8,10-12,16H,1,5,9,13-15H2,(H,28,29). The predicted molar refractivity (Wildman–Crippen MR) is 116 cm³/mol. The predicted octanol–water partition coefficient (Wildman–Crippen LogP) is 5.18. The number of carboxylic acid groups (broad SMARTS) is 1. The number of amides is 1. The van der Waals surface area contributed by atoms with Gasteiger partial charge in [-0.15, -0.1) is 0 Å². The Kier molecular flexibility index (Phi) is 4.66. The second-order valence-corrected chi connectivity index (χ2v) is 8.02. The number of hydrogen-bond donors (Lipinski definition) is 1. The molecule has 1 aliphatic heterocycles. The van der Waals surface area contributed by atoms with Crippen LogP contribution in [-0.2, 0) is 16.0 Å². The molecule has 152 valence electrons. The first kappa shape index (κ1) is 18.7. The lowest BCUT2D eigenvalue weighted by atomic mass is 9.80. The summed E-state index contributed by atoms with van der Waals surface area (Å²) < 4.78 is 5.50. The summed E-state index contributed by atoms with van der Waals surface area (Å²) in [5.74, 6) is 0.106. The van der Waals surface area contributed by atoms with E-state index in [1.54, 1.807) is 0 Å². The van der Waals surface area contributed by atoms with Gasteiger partial charge in [-0.2, -0.15) is 0 Å². The van der Waals surface area contributed by atoms with Gasteiger partial charge in [0.15, 0.2) is 6.61 Å². The van der Waals surface area contributed by atoms with E-state index in [0.29, 0.717) is 18.1 Å². The molecule has 0 radical (unpaired) electrons. The fourth-order valence-electron chi connectivity index (χ4n) is 4.92. The van der Waals surface area contributed by atoms with Crippen molar-refractivity contribution in [3.05, 3.63) is 65.7 Å². The molecule has 3 aromatic rings. The summed E-state index contributed by atoms with van der Waals surface area (Å²) in [6, 6.07) is 18.0. The molecule has 0 saturated carbocycles. The van der Waals surface area contributed by atoms with E-state index in [0.717, 1.165) is 42.6 Å². The van der Waals surface area contributed by atoms with Crippen LogP contribution in [0.3, 0.4) is 0 Å². The molecule has 5 heteroatoms. The molecular formula is C25H23NO4. The first-order valence-electron chi connectivity index (χ1n) is 10.4. The van der Waals surface area contributed by atoms with Crippen molar-refractivity contribution in [1.29, 1.82) is 0 Å². The largest absolute Gasteiger partial charge is 0.482 e. The lowest BCUT2D eigenvalue weighted by Gasteiger charge is -2.35. The molecule has 30 heavy (non-hydrogen) atoms. The number of nitrogens with zero attached hydrogens (tertiary/aromatic N) is 1. The molecule has 1 heterocycles. The van der Waals surface area contributed by atoms with E-state index in [2.05, 4.69) is 18.2 Å². The molecule has 0 aromatic heterocycles. The highest BCUT2D eigenvalue weighted by Crippen LogP contribution is 2.48. The van der Waals surface area contributed by atoms with E-state index >= 15 is 0 Å². The molecule has 1 amide bonds. The van der Waals surface area contributed by atoms with Gasteiger partial charge in [0.1, 0.15) is 5.75 Å². The van der Waals surface area contributed by atoms with E-state index < -0.39 is 5.97 Å². The van der Waals surface area contributed by atoms with Crippen molar-refractivity contribution in [3.8, 4) is 5.75 Å². The lowest BCUT2D eigenvalue weighted by molar-refractivity contribution is -0.139. The van der Waals surface area contributed by atoms with Gasteiger partial charge < -0.3 is 9.84 Å². The van der Waals surface area contributed by atoms with Crippen LogP contribution in [0.2, 0.25) is 0 Å². The summed E-state index contributed by atoms with van der Waals surface area (Å²) in [6.45, 7) is -0.334. The Balaban J connectivity index is 1.31. The Labute approximate surface area is 174 Å². The van der Waals surface area contributed by atoms with Gasteiger partial charge in [0.2, 0.25) is 5.91 Å². The summed E-state index contributed by atoms with van der Waals surface area (Å²) in [7, 11) is 0. The molecule has 0 spiro atoms. The number of carboxylic acids is 1. The minimum absolute atomic E-state index is 0.131. The maximum atomic E-state index is 13.1. The number of benzene rings is 3. The summed E-state index contributed by atoms with van der Waals surface area (Å²) >= 11 is 0. The summed E-state index contributed by atoms with van der Waals surface area (Å²) in [5.41, 5.74) is 4.30. The van der Waals surface area contributed by atoms with Crippen LogP contribution < -0.4 is 9.64 Å². The Bertz CT molecular complexity index is 1110. The first-order chi connectivity index (χ1) is 14.6. The van der Waals surface area contributed by atoms with Gasteiger partial charge in [0.05, 0.1) is 11.4 Å². The minimum Gasteiger partial charge on any atom is -0.482 e. The number of aliphatic carboxylic acids is 1. The van der Waals surface area contributed by atoms with Crippen molar-refractivity contribution in [2.45, 2.75) is 38.0 Å². The third-order valence-corrected chi connectivity index (χ3v) is 6.24. The maximum Gasteiger partial charge on any atom is 0.341 e. The van der Waals surface area contributed by atoms with E-state index in [1.165, 1.54) is 16.3 Å². The third kappa shape index (κ3) is 3.11. The molecule has 5 nitrogen and oxygen atoms in total. The topological polar surface area (TPSA) is 66.8 Å². The Morgan fingerprint density at radius 3 is 2.50 bits per heavy atom. The second kappa shape index (κ2) is 7.48. The molecule has 1 N–H and O–H groups in total. The molecule has 1 aliphatic carbocycles. The van der Waals surface area contributed by atoms with Crippen LogP contribution in [0.4, 0.5) is 11.4 Å². The number of hydrogen-bond acceptors (Lipinski definition) is 3. The minimum atomic E-state index is -0.976. The van der Waals surface area contributed by atoms with Crippen LogP contribution in [0.25, 0.3) is 10.8 Å². The summed E-state index contributed by atoms with van der Waals surface area (Å²) in [5, 5.41) is 11.3. The number of rotatable bonds is 6. The highest BCUT2D eigenvalue weighted by molar-refractivity contribution is 6.23. The Hall–Kier alpha value is -3.34. The molecule has 2 aliphatic rings. The van der Waals surface area contributed by atoms with Gasteiger partial charge in [-0.1, -0.05) is 36.4 Å². The van der Waals surface area contributed by atoms with Gasteiger partial charge in [-0.05, 0) is 66.3 Å². The van der Waals surface area contributed by atoms with Gasteiger partial charge in [0, 0.05) is 11.8 Å². The van der Waals surface area contributed by atoms with Crippen LogP contribution in [0.15, 0.2) is 54.6 Å². The highest BCUT2D eigenvalue weighted by atomic mass is 16.5. The number of carbonyl (C=O) groups is 2. The molecule has 3 aromatic carbocycles. The molecular weight excluding hydrogens is 378 g/mol. The van der Waals surface area contributed by atoms with Crippen LogP contribution in [0.1, 0.15) is 42.7 Å². The normalized spacial score (nSPS) is 16.7. The molecule has 1 atom stereocenters. The van der Waals surface area contributed by atoms with E-state index in [1.807, 2.05) is 41.3 Å². The monoisotopic (exact) mass is 401 g/mol. The maximum absolute atomic E-state index is 13.1. The molecule has 0 fully saturated rings. The van der Waals surface area contributed by atoms with E-state index in [4.69, 9.17) is 9.84 Å². The fourth-order valence-corrected chi connectivity index (χ4v) is 4.92. The zero-order chi connectivity index (χ0) is 20.7. The van der Waals surface area contributed by atoms with Crippen molar-refractivity contribution >= 4 is 34.0 Å². The highest BCUT2D eigenvalue weighted by Gasteiger charge is 2.31. The number of fused-ring (bicyclic) bond motifs is 1. The molecule has 0 saturated heterocycles. The molecule has 0 bridgehead atoms. The van der Waals surface area contributed by atoms with Crippen molar-refractivity contribution in [2.24, 2.45) is 0 Å². The Morgan fingerprint density at radius 1 is 1.03 bits per heavy atom. The summed E-state index contributed by atoms with van der Waals surface area (Å²) in [6.07, 6.45) is 4.20. The van der Waals surface area contributed by atoms with E-state index in [-0.39, 0.29) is 12.5 Å². The lowest BCUT2D eigenvalue weighted by Crippen LogP contribution is -2.31. The number of carbonyl (C=O) groups excluding carboxylic acids is 1. The fraction of sp³-hybridized carbons (Fsp3) is 0.280. The SMILES string of the molecule is O=C(O)COc1cccc2c1CCCC2CCC(=O)N1c2cccc3cccc1c23. The third-order valence-electron chi connectivity index (χ3n) is 6.24. The van der Waals surface area contributed by atoms with Crippen LogP contribution >= 0.6 is 0 Å². The van der Waals surface area contributed by atoms with Crippen molar-refractivity contribution in [3.63, 3.8) is 0 Å². The molecule has 5 rings (SSSR count). The first-order valence-corrected chi connectivity index (χ1v) is 10.4. The van der Waals surface area contributed by atoms with Crippen LogP contribution in [0, 0.1) is 0 Å². The number of anilines is 2. The average molecular weight is 401 g/mol. The van der Waals surface area contributed by atoms with Gasteiger partial charge in [-0.25, -0.2) is 4.79 Å². The van der Waals surface area contributed by atoms with Crippen molar-refractivity contribution < 1.29 is 19.4 Å². The second-order valence-electron chi connectivity index (χ2n) is 8.02. The van der Waals surface area contributed by atoms with Crippen molar-refractivity contribution in [2.75, 3.05) is 11.5 Å². The Morgan fingerprint density at radius 2 is 1.77 bits per heavy atom. The quantitative estimate of drug-likeness (QED) is 0.618.